The van der Waals surface area contributed by atoms with Crippen molar-refractivity contribution < 1.29 is 13.2 Å². The number of morpholine rings is 1. The van der Waals surface area contributed by atoms with Gasteiger partial charge in [0.2, 0.25) is 10.0 Å². The van der Waals surface area contributed by atoms with Crippen LogP contribution in [0.1, 0.15) is 6.92 Å². The number of nitrogens with zero attached hydrogens (tertiary/aromatic N) is 1. The van der Waals surface area contributed by atoms with Gasteiger partial charge in [0.1, 0.15) is 0 Å². The summed E-state index contributed by atoms with van der Waals surface area (Å²) in [4.78, 5) is 2.52. The average molecular weight is 313 g/mol. The van der Waals surface area contributed by atoms with Crippen LogP contribution >= 0.6 is 0 Å². The maximum absolute atomic E-state index is 11.9. The van der Waals surface area contributed by atoms with E-state index in [4.69, 9.17) is 4.74 Å². The van der Waals surface area contributed by atoms with E-state index in [0.717, 1.165) is 25.3 Å². The van der Waals surface area contributed by atoms with Crippen molar-refractivity contribution in [2.75, 3.05) is 44.7 Å². The highest BCUT2D eigenvalue weighted by Crippen LogP contribution is 2.20. The van der Waals surface area contributed by atoms with Crippen molar-refractivity contribution in [1.29, 1.82) is 0 Å². The van der Waals surface area contributed by atoms with Crippen molar-refractivity contribution in [3.05, 3.63) is 24.3 Å². The first-order valence-corrected chi connectivity index (χ1v) is 8.66. The third-order valence-corrected chi connectivity index (χ3v) is 4.98. The molecule has 0 bridgehead atoms. The van der Waals surface area contributed by atoms with Gasteiger partial charge in [0, 0.05) is 31.9 Å². The molecule has 6 nitrogen and oxygen atoms in total. The molecule has 0 aliphatic carbocycles. The summed E-state index contributed by atoms with van der Waals surface area (Å²) in [5, 5.41) is 3.11. The van der Waals surface area contributed by atoms with E-state index in [-0.39, 0.29) is 6.10 Å². The number of ether oxygens (including phenoxy) is 1. The molecule has 2 rings (SSSR count). The van der Waals surface area contributed by atoms with E-state index in [1.807, 2.05) is 19.2 Å². The predicted molar refractivity (Wildman–Crippen MR) is 83.2 cm³/mol. The van der Waals surface area contributed by atoms with Crippen LogP contribution in [0.3, 0.4) is 0 Å². The SMILES string of the molecule is CCNS(=O)(=O)c1ccc(N2CCOC(CNC)C2)cc1. The molecule has 1 aliphatic heterocycles. The number of rotatable bonds is 6. The van der Waals surface area contributed by atoms with Crippen LogP contribution in [0, 0.1) is 0 Å². The van der Waals surface area contributed by atoms with Crippen LogP contribution < -0.4 is 14.9 Å². The van der Waals surface area contributed by atoms with Gasteiger partial charge >= 0.3 is 0 Å². The quantitative estimate of drug-likeness (QED) is 0.796. The molecule has 0 spiro atoms. The molecule has 0 amide bonds. The summed E-state index contributed by atoms with van der Waals surface area (Å²) in [6.45, 7) is 5.27. The highest BCUT2D eigenvalue weighted by molar-refractivity contribution is 7.89. The summed E-state index contributed by atoms with van der Waals surface area (Å²) in [6.07, 6.45) is 0.161. The van der Waals surface area contributed by atoms with Crippen LogP contribution in [0.2, 0.25) is 0 Å². The molecule has 0 saturated carbocycles. The van der Waals surface area contributed by atoms with Crippen LogP contribution in [0.15, 0.2) is 29.2 Å². The molecule has 118 valence electrons. The summed E-state index contributed by atoms with van der Waals surface area (Å²) < 4.78 is 32.0. The van der Waals surface area contributed by atoms with Crippen LogP contribution in [-0.2, 0) is 14.8 Å². The van der Waals surface area contributed by atoms with Gasteiger partial charge in [0.25, 0.3) is 0 Å². The number of benzene rings is 1. The van der Waals surface area contributed by atoms with Gasteiger partial charge in [-0.2, -0.15) is 0 Å². The van der Waals surface area contributed by atoms with Gasteiger partial charge < -0.3 is 15.0 Å². The van der Waals surface area contributed by atoms with Gasteiger partial charge in [0.05, 0.1) is 17.6 Å². The summed E-state index contributed by atoms with van der Waals surface area (Å²) in [7, 11) is -1.47. The second-order valence-electron chi connectivity index (χ2n) is 4.99. The molecule has 0 aromatic heterocycles. The lowest BCUT2D eigenvalue weighted by Crippen LogP contribution is -2.46. The average Bonchev–Trinajstić information content (AvgIpc) is 2.48. The van der Waals surface area contributed by atoms with Gasteiger partial charge in [-0.15, -0.1) is 0 Å². The first-order valence-electron chi connectivity index (χ1n) is 7.17. The van der Waals surface area contributed by atoms with Crippen molar-refractivity contribution in [1.82, 2.24) is 10.0 Å². The predicted octanol–water partition coefficient (Wildman–Crippen LogP) is 0.409. The highest BCUT2D eigenvalue weighted by Gasteiger charge is 2.20. The zero-order valence-corrected chi connectivity index (χ0v) is 13.3. The van der Waals surface area contributed by atoms with E-state index < -0.39 is 10.0 Å². The third kappa shape index (κ3) is 4.16. The van der Waals surface area contributed by atoms with Crippen LogP contribution in [-0.4, -0.2) is 54.4 Å². The maximum atomic E-state index is 11.9. The Balaban J connectivity index is 2.08. The number of hydrogen-bond acceptors (Lipinski definition) is 5. The van der Waals surface area contributed by atoms with E-state index in [2.05, 4.69) is 14.9 Å². The lowest BCUT2D eigenvalue weighted by Gasteiger charge is -2.34. The normalized spacial score (nSPS) is 19.7. The Morgan fingerprint density at radius 2 is 2.05 bits per heavy atom. The Morgan fingerprint density at radius 3 is 2.67 bits per heavy atom. The number of anilines is 1. The Kier molecular flexibility index (Phi) is 5.58. The molecule has 0 radical (unpaired) electrons. The Morgan fingerprint density at radius 1 is 1.33 bits per heavy atom. The number of likely N-dealkylation sites (N-methyl/N-ethyl adjacent to an activating group) is 1. The van der Waals surface area contributed by atoms with Crippen molar-refractivity contribution in [3.8, 4) is 0 Å². The van der Waals surface area contributed by atoms with E-state index in [1.165, 1.54) is 0 Å². The first-order chi connectivity index (χ1) is 10.1. The minimum Gasteiger partial charge on any atom is -0.373 e. The summed E-state index contributed by atoms with van der Waals surface area (Å²) >= 11 is 0. The first kappa shape index (κ1) is 16.2. The Hall–Kier alpha value is -1.15. The Labute approximate surface area is 126 Å². The molecule has 1 heterocycles. The van der Waals surface area contributed by atoms with Gasteiger partial charge in [0.15, 0.2) is 0 Å². The second kappa shape index (κ2) is 7.22. The van der Waals surface area contributed by atoms with Crippen molar-refractivity contribution in [2.45, 2.75) is 17.9 Å². The monoisotopic (exact) mass is 313 g/mol. The fourth-order valence-corrected chi connectivity index (χ4v) is 3.46. The van der Waals surface area contributed by atoms with E-state index in [1.54, 1.807) is 19.1 Å². The minimum atomic E-state index is -3.38. The molecule has 2 N–H and O–H groups in total. The van der Waals surface area contributed by atoms with Crippen molar-refractivity contribution in [3.63, 3.8) is 0 Å². The largest absolute Gasteiger partial charge is 0.373 e. The molecule has 7 heteroatoms. The van der Waals surface area contributed by atoms with Crippen LogP contribution in [0.25, 0.3) is 0 Å². The van der Waals surface area contributed by atoms with Gasteiger partial charge in [-0.1, -0.05) is 6.92 Å². The molecule has 1 unspecified atom stereocenters. The minimum absolute atomic E-state index is 0.161. The third-order valence-electron chi connectivity index (χ3n) is 3.42. The van der Waals surface area contributed by atoms with Gasteiger partial charge in [-0.3, -0.25) is 0 Å². The fourth-order valence-electron chi connectivity index (χ4n) is 2.41. The van der Waals surface area contributed by atoms with Crippen molar-refractivity contribution >= 4 is 15.7 Å². The zero-order chi connectivity index (χ0) is 15.3. The number of hydrogen-bond donors (Lipinski definition) is 2. The molecule has 1 aromatic rings. The molecular formula is C14H23N3O3S. The summed E-state index contributed by atoms with van der Waals surface area (Å²) in [5.74, 6) is 0. The molecule has 1 fully saturated rings. The lowest BCUT2D eigenvalue weighted by atomic mass is 10.2. The van der Waals surface area contributed by atoms with Crippen molar-refractivity contribution in [2.24, 2.45) is 0 Å². The van der Waals surface area contributed by atoms with Crippen LogP contribution in [0.4, 0.5) is 5.69 Å². The summed E-state index contributed by atoms with van der Waals surface area (Å²) in [5.41, 5.74) is 1.02. The number of sulfonamides is 1. The van der Waals surface area contributed by atoms with E-state index in [0.29, 0.717) is 18.0 Å². The number of nitrogens with one attached hydrogen (secondary N) is 2. The molecule has 1 aliphatic rings. The maximum Gasteiger partial charge on any atom is 0.240 e. The summed E-state index contributed by atoms with van der Waals surface area (Å²) in [6, 6.07) is 7.00. The molecule has 1 atom stereocenters. The highest BCUT2D eigenvalue weighted by atomic mass is 32.2. The molecular weight excluding hydrogens is 290 g/mol. The molecule has 1 saturated heterocycles. The van der Waals surface area contributed by atoms with Crippen LogP contribution in [0.5, 0.6) is 0 Å². The molecule has 21 heavy (non-hydrogen) atoms. The zero-order valence-electron chi connectivity index (χ0n) is 12.5. The Bertz CT molecular complexity index is 543. The van der Waals surface area contributed by atoms with E-state index >= 15 is 0 Å². The van der Waals surface area contributed by atoms with E-state index in [9.17, 15) is 8.42 Å². The second-order valence-corrected chi connectivity index (χ2v) is 6.76. The molecule has 1 aromatic carbocycles. The standard InChI is InChI=1S/C14H23N3O3S/c1-3-16-21(18,19)14-6-4-12(5-7-14)17-8-9-20-13(11-17)10-15-2/h4-7,13,15-16H,3,8-11H2,1-2H3. The topological polar surface area (TPSA) is 70.7 Å². The van der Waals surface area contributed by atoms with Gasteiger partial charge in [-0.25, -0.2) is 13.1 Å². The van der Waals surface area contributed by atoms with Gasteiger partial charge in [-0.05, 0) is 31.3 Å². The smallest absolute Gasteiger partial charge is 0.240 e. The fraction of sp³-hybridized carbons (Fsp3) is 0.571. The lowest BCUT2D eigenvalue weighted by molar-refractivity contribution is 0.0422.